The van der Waals surface area contributed by atoms with Crippen LogP contribution in [0.1, 0.15) is 26.3 Å². The maximum Gasteiger partial charge on any atom is 0.254 e. The van der Waals surface area contributed by atoms with E-state index in [-0.39, 0.29) is 17.6 Å². The van der Waals surface area contributed by atoms with Crippen molar-refractivity contribution in [3.63, 3.8) is 0 Å². The number of piperazine rings is 1. The number of halogens is 2. The molecule has 0 aromatic heterocycles. The normalized spacial score (nSPS) is 13.5. The van der Waals surface area contributed by atoms with E-state index >= 15 is 0 Å². The lowest BCUT2D eigenvalue weighted by atomic mass is 10.1. The van der Waals surface area contributed by atoms with Crippen molar-refractivity contribution in [1.29, 1.82) is 0 Å². The number of amides is 2. The molecule has 1 fully saturated rings. The average Bonchev–Trinajstić information content (AvgIpc) is 2.88. The molecule has 0 aliphatic carbocycles. The summed E-state index contributed by atoms with van der Waals surface area (Å²) in [6, 6.07) is 17.9. The van der Waals surface area contributed by atoms with Gasteiger partial charge in [-0.25, -0.2) is 4.39 Å². The summed E-state index contributed by atoms with van der Waals surface area (Å²) >= 11 is 5.92. The number of methoxy groups -OCH3 is 1. The first-order valence-corrected chi connectivity index (χ1v) is 11.2. The van der Waals surface area contributed by atoms with E-state index in [1.165, 1.54) is 31.4 Å². The third-order valence-electron chi connectivity index (χ3n) is 5.66. The molecule has 4 rings (SSSR count). The topological polar surface area (TPSA) is 59.1 Å². The van der Waals surface area contributed by atoms with Crippen LogP contribution in [0.5, 0.6) is 11.5 Å². The Hall–Kier alpha value is -3.58. The van der Waals surface area contributed by atoms with Crippen molar-refractivity contribution < 1.29 is 23.5 Å². The van der Waals surface area contributed by atoms with Crippen molar-refractivity contribution in [1.82, 2.24) is 9.80 Å². The van der Waals surface area contributed by atoms with Crippen LogP contribution in [0.2, 0.25) is 5.02 Å². The minimum atomic E-state index is -0.385. The molecule has 1 aliphatic heterocycles. The van der Waals surface area contributed by atoms with E-state index in [0.717, 1.165) is 5.56 Å². The van der Waals surface area contributed by atoms with Gasteiger partial charge in [-0.15, -0.1) is 0 Å². The summed E-state index contributed by atoms with van der Waals surface area (Å²) in [5.41, 5.74) is 1.87. The van der Waals surface area contributed by atoms with Gasteiger partial charge in [-0.1, -0.05) is 23.7 Å². The highest BCUT2D eigenvalue weighted by Crippen LogP contribution is 2.29. The first-order chi connectivity index (χ1) is 16.4. The van der Waals surface area contributed by atoms with E-state index in [0.29, 0.717) is 60.4 Å². The van der Waals surface area contributed by atoms with Crippen molar-refractivity contribution in [2.45, 2.75) is 6.61 Å². The Balaban J connectivity index is 1.36. The van der Waals surface area contributed by atoms with E-state index in [1.54, 1.807) is 40.1 Å². The first-order valence-electron chi connectivity index (χ1n) is 10.8. The fourth-order valence-corrected chi connectivity index (χ4v) is 3.86. The van der Waals surface area contributed by atoms with Crippen LogP contribution < -0.4 is 9.47 Å². The summed E-state index contributed by atoms with van der Waals surface area (Å²) in [7, 11) is 1.53. The molecule has 0 N–H and O–H groups in total. The van der Waals surface area contributed by atoms with Crippen LogP contribution in [-0.2, 0) is 6.61 Å². The summed E-state index contributed by atoms with van der Waals surface area (Å²) < 4.78 is 24.4. The quantitative estimate of drug-likeness (QED) is 0.512. The van der Waals surface area contributed by atoms with E-state index in [2.05, 4.69) is 0 Å². The Morgan fingerprint density at radius 3 is 1.97 bits per heavy atom. The summed E-state index contributed by atoms with van der Waals surface area (Å²) in [4.78, 5) is 29.0. The molecular formula is C26H24ClFN2O4. The third-order valence-corrected chi connectivity index (χ3v) is 5.92. The van der Waals surface area contributed by atoms with Crippen LogP contribution >= 0.6 is 11.6 Å². The second kappa shape index (κ2) is 10.6. The molecule has 0 radical (unpaired) electrons. The summed E-state index contributed by atoms with van der Waals surface area (Å²) in [6.45, 7) is 1.96. The van der Waals surface area contributed by atoms with Gasteiger partial charge >= 0.3 is 0 Å². The molecule has 0 unspecified atom stereocenters. The maximum atomic E-state index is 13.1. The molecule has 0 bridgehead atoms. The molecule has 0 spiro atoms. The molecule has 3 aromatic rings. The first kappa shape index (κ1) is 23.6. The highest BCUT2D eigenvalue weighted by atomic mass is 35.5. The highest BCUT2D eigenvalue weighted by molar-refractivity contribution is 6.30. The molecule has 2 amide bonds. The molecule has 34 heavy (non-hydrogen) atoms. The van der Waals surface area contributed by atoms with Gasteiger partial charge in [0.15, 0.2) is 11.5 Å². The largest absolute Gasteiger partial charge is 0.493 e. The lowest BCUT2D eigenvalue weighted by Gasteiger charge is -2.35. The Labute approximate surface area is 202 Å². The van der Waals surface area contributed by atoms with Gasteiger partial charge in [-0.3, -0.25) is 9.59 Å². The Kier molecular flexibility index (Phi) is 7.33. The molecule has 6 nitrogen and oxygen atoms in total. The number of carbonyl (C=O) groups is 2. The molecule has 176 valence electrons. The van der Waals surface area contributed by atoms with E-state index < -0.39 is 0 Å². The minimum absolute atomic E-state index is 0.142. The zero-order chi connectivity index (χ0) is 24.1. The lowest BCUT2D eigenvalue weighted by Crippen LogP contribution is -2.50. The third kappa shape index (κ3) is 5.48. The number of ether oxygens (including phenoxy) is 2. The van der Waals surface area contributed by atoms with Gasteiger partial charge in [0.1, 0.15) is 12.4 Å². The Morgan fingerprint density at radius 2 is 1.38 bits per heavy atom. The SMILES string of the molecule is COc1cc(C(=O)N2CCN(C(=O)c3ccc(F)cc3)CC2)ccc1OCc1ccc(Cl)cc1. The highest BCUT2D eigenvalue weighted by Gasteiger charge is 2.26. The van der Waals surface area contributed by atoms with Gasteiger partial charge in [-0.05, 0) is 60.2 Å². The zero-order valence-corrected chi connectivity index (χ0v) is 19.4. The smallest absolute Gasteiger partial charge is 0.254 e. The number of nitrogens with zero attached hydrogens (tertiary/aromatic N) is 2. The standard InChI is InChI=1S/C26H24ClFN2O4/c1-33-24-16-20(6-11-23(24)34-17-18-2-7-21(27)8-3-18)26(32)30-14-12-29(13-15-30)25(31)19-4-9-22(28)10-5-19/h2-11,16H,12-15,17H2,1H3. The molecule has 1 aliphatic rings. The predicted molar refractivity (Wildman–Crippen MR) is 127 cm³/mol. The molecular weight excluding hydrogens is 459 g/mol. The van der Waals surface area contributed by atoms with Crippen LogP contribution in [0.3, 0.4) is 0 Å². The van der Waals surface area contributed by atoms with Crippen molar-refractivity contribution in [3.05, 3.63) is 94.3 Å². The number of hydrogen-bond donors (Lipinski definition) is 0. The monoisotopic (exact) mass is 482 g/mol. The predicted octanol–water partition coefficient (Wildman–Crippen LogP) is 4.66. The second-order valence-electron chi connectivity index (χ2n) is 7.87. The summed E-state index contributed by atoms with van der Waals surface area (Å²) in [5.74, 6) is 0.296. The lowest BCUT2D eigenvalue weighted by molar-refractivity contribution is 0.0535. The van der Waals surface area contributed by atoms with Gasteiger partial charge in [0.25, 0.3) is 11.8 Å². The molecule has 1 heterocycles. The summed E-state index contributed by atoms with van der Waals surface area (Å²) in [5, 5.41) is 0.657. The van der Waals surface area contributed by atoms with Gasteiger partial charge in [0.2, 0.25) is 0 Å². The van der Waals surface area contributed by atoms with E-state index in [4.69, 9.17) is 21.1 Å². The minimum Gasteiger partial charge on any atom is -0.493 e. The van der Waals surface area contributed by atoms with Crippen LogP contribution in [0.15, 0.2) is 66.7 Å². The number of carbonyl (C=O) groups excluding carboxylic acids is 2. The van der Waals surface area contributed by atoms with Gasteiger partial charge < -0.3 is 19.3 Å². The molecule has 8 heteroatoms. The van der Waals surface area contributed by atoms with E-state index in [9.17, 15) is 14.0 Å². The fourth-order valence-electron chi connectivity index (χ4n) is 3.73. The Bertz CT molecular complexity index is 1160. The van der Waals surface area contributed by atoms with Crippen LogP contribution in [-0.4, -0.2) is 54.9 Å². The van der Waals surface area contributed by atoms with Crippen molar-refractivity contribution in [3.8, 4) is 11.5 Å². The van der Waals surface area contributed by atoms with Gasteiger partial charge in [0, 0.05) is 42.3 Å². The fraction of sp³-hybridized carbons (Fsp3) is 0.231. The van der Waals surface area contributed by atoms with Crippen molar-refractivity contribution in [2.75, 3.05) is 33.3 Å². The number of hydrogen-bond acceptors (Lipinski definition) is 4. The zero-order valence-electron chi connectivity index (χ0n) is 18.7. The van der Waals surface area contributed by atoms with Crippen LogP contribution in [0.25, 0.3) is 0 Å². The van der Waals surface area contributed by atoms with Crippen molar-refractivity contribution >= 4 is 23.4 Å². The molecule has 0 atom stereocenters. The molecule has 0 saturated carbocycles. The van der Waals surface area contributed by atoms with Crippen LogP contribution in [0.4, 0.5) is 4.39 Å². The van der Waals surface area contributed by atoms with Gasteiger partial charge in [0.05, 0.1) is 7.11 Å². The number of rotatable bonds is 6. The second-order valence-corrected chi connectivity index (χ2v) is 8.31. The molecule has 3 aromatic carbocycles. The summed E-state index contributed by atoms with van der Waals surface area (Å²) in [6.07, 6.45) is 0. The molecule has 1 saturated heterocycles. The average molecular weight is 483 g/mol. The number of benzene rings is 3. The van der Waals surface area contributed by atoms with E-state index in [1.807, 2.05) is 12.1 Å². The van der Waals surface area contributed by atoms with Gasteiger partial charge in [-0.2, -0.15) is 0 Å². The van der Waals surface area contributed by atoms with Crippen molar-refractivity contribution in [2.24, 2.45) is 0 Å². The maximum absolute atomic E-state index is 13.1. The Morgan fingerprint density at radius 1 is 0.824 bits per heavy atom. The van der Waals surface area contributed by atoms with Crippen LogP contribution in [0, 0.1) is 5.82 Å².